The van der Waals surface area contributed by atoms with Crippen molar-refractivity contribution in [2.24, 2.45) is 0 Å². The topological polar surface area (TPSA) is 131 Å². The molecule has 4 rings (SSSR count). The fourth-order valence-electron chi connectivity index (χ4n) is 4.38. The van der Waals surface area contributed by atoms with E-state index >= 15 is 0 Å². The van der Waals surface area contributed by atoms with Crippen molar-refractivity contribution < 1.29 is 23.1 Å². The summed E-state index contributed by atoms with van der Waals surface area (Å²) < 4.78 is 33.8. The fraction of sp³-hybridized carbons (Fsp3) is 0.522. The third-order valence-electron chi connectivity index (χ3n) is 6.50. The number of ether oxygens (including phenoxy) is 1. The minimum absolute atomic E-state index is 0.00209. The summed E-state index contributed by atoms with van der Waals surface area (Å²) in [6.45, 7) is 4.87. The van der Waals surface area contributed by atoms with E-state index in [0.29, 0.717) is 56.0 Å². The van der Waals surface area contributed by atoms with Crippen LogP contribution in [0, 0.1) is 0 Å². The smallest absolute Gasteiger partial charge is 0.296 e. The first-order valence-corrected chi connectivity index (χ1v) is 13.1. The maximum absolute atomic E-state index is 13.0. The van der Waals surface area contributed by atoms with E-state index in [1.807, 2.05) is 13.8 Å². The lowest BCUT2D eigenvalue weighted by Gasteiger charge is -2.30. The summed E-state index contributed by atoms with van der Waals surface area (Å²) in [5, 5.41) is 13.2. The maximum Gasteiger partial charge on any atom is 0.296 e. The molecular formula is C23H30N4O6S. The molecule has 1 atom stereocenters. The summed E-state index contributed by atoms with van der Waals surface area (Å²) in [6, 6.07) is 6.95. The summed E-state index contributed by atoms with van der Waals surface area (Å²) >= 11 is 0. The Kier molecular flexibility index (Phi) is 6.68. The number of amides is 1. The Hall–Kier alpha value is -2.92. The third-order valence-corrected chi connectivity index (χ3v) is 8.36. The van der Waals surface area contributed by atoms with E-state index in [1.165, 1.54) is 8.87 Å². The van der Waals surface area contributed by atoms with Crippen LogP contribution in [0.5, 0.6) is 5.75 Å². The summed E-state index contributed by atoms with van der Waals surface area (Å²) in [7, 11) is -3.42. The van der Waals surface area contributed by atoms with Crippen molar-refractivity contribution in [1.82, 2.24) is 14.9 Å². The Bertz CT molecular complexity index is 1260. The van der Waals surface area contributed by atoms with Gasteiger partial charge in [0.2, 0.25) is 15.8 Å². The maximum atomic E-state index is 13.0. The van der Waals surface area contributed by atoms with Crippen LogP contribution in [0.15, 0.2) is 29.1 Å². The Morgan fingerprint density at radius 3 is 2.74 bits per heavy atom. The minimum atomic E-state index is -3.42. The van der Waals surface area contributed by atoms with E-state index in [2.05, 4.69) is 10.3 Å². The van der Waals surface area contributed by atoms with Gasteiger partial charge in [-0.15, -0.1) is 0 Å². The lowest BCUT2D eigenvalue weighted by atomic mass is 10.0. The molecule has 3 heterocycles. The first-order chi connectivity index (χ1) is 16.2. The van der Waals surface area contributed by atoms with Crippen molar-refractivity contribution in [2.75, 3.05) is 23.2 Å². The average molecular weight is 491 g/mol. The van der Waals surface area contributed by atoms with Crippen LogP contribution in [0.4, 0.5) is 5.69 Å². The highest BCUT2D eigenvalue weighted by molar-refractivity contribution is 7.92. The molecule has 34 heavy (non-hydrogen) atoms. The molecule has 1 amide bonds. The Morgan fingerprint density at radius 1 is 1.24 bits per heavy atom. The number of benzene rings is 1. The van der Waals surface area contributed by atoms with Crippen LogP contribution >= 0.6 is 0 Å². The summed E-state index contributed by atoms with van der Waals surface area (Å²) in [5.74, 6) is -1.05. The van der Waals surface area contributed by atoms with Crippen molar-refractivity contribution >= 4 is 21.6 Å². The van der Waals surface area contributed by atoms with Crippen molar-refractivity contribution in [1.29, 1.82) is 0 Å². The largest absolute Gasteiger partial charge is 0.501 e. The monoisotopic (exact) mass is 490 g/mol. The van der Waals surface area contributed by atoms with E-state index in [-0.39, 0.29) is 18.0 Å². The minimum Gasteiger partial charge on any atom is -0.501 e. The molecule has 1 saturated heterocycles. The van der Waals surface area contributed by atoms with Crippen LogP contribution in [0.25, 0.3) is 0 Å². The lowest BCUT2D eigenvalue weighted by Crippen LogP contribution is -2.39. The van der Waals surface area contributed by atoms with Gasteiger partial charge in [-0.05, 0) is 44.2 Å². The number of para-hydroxylation sites is 1. The lowest BCUT2D eigenvalue weighted by molar-refractivity contribution is -0.0407. The van der Waals surface area contributed by atoms with Gasteiger partial charge in [0, 0.05) is 26.2 Å². The molecule has 1 unspecified atom stereocenters. The second-order valence-electron chi connectivity index (χ2n) is 8.78. The van der Waals surface area contributed by atoms with Crippen molar-refractivity contribution in [3.05, 3.63) is 51.7 Å². The van der Waals surface area contributed by atoms with Crippen molar-refractivity contribution in [2.45, 2.75) is 58.2 Å². The molecule has 2 N–H and O–H groups in total. The predicted molar refractivity (Wildman–Crippen MR) is 126 cm³/mol. The number of fused-ring (bicyclic) bond motifs is 1. The van der Waals surface area contributed by atoms with Gasteiger partial charge in [0.25, 0.3) is 11.5 Å². The number of anilines is 1. The number of aromatic nitrogens is 2. The molecule has 0 saturated carbocycles. The van der Waals surface area contributed by atoms with E-state index in [4.69, 9.17) is 4.74 Å². The number of nitrogens with one attached hydrogen (secondary N) is 1. The third kappa shape index (κ3) is 4.41. The van der Waals surface area contributed by atoms with E-state index in [9.17, 15) is 23.1 Å². The Morgan fingerprint density at radius 2 is 2.00 bits per heavy atom. The van der Waals surface area contributed by atoms with Crippen LogP contribution in [0.3, 0.4) is 0 Å². The highest BCUT2D eigenvalue weighted by atomic mass is 32.2. The number of hydrogen-bond donors (Lipinski definition) is 2. The van der Waals surface area contributed by atoms with E-state index in [1.54, 1.807) is 24.3 Å². The molecule has 1 fully saturated rings. The number of sulfonamides is 1. The zero-order valence-electron chi connectivity index (χ0n) is 19.4. The van der Waals surface area contributed by atoms with Gasteiger partial charge in [-0.25, -0.2) is 13.4 Å². The standard InChI is InChI=1S/C23H30N4O6S/c1-3-23(2)22-25-18(19(28)21(30)26(22)11-8-13-33-23)20(29)24-15-16-9-4-5-10-17(16)27-12-6-7-14-34(27,31)32/h4-5,9-10,28H,3,6-8,11-15H2,1-2H3,(H,24,29). The summed E-state index contributed by atoms with van der Waals surface area (Å²) in [4.78, 5) is 30.3. The number of aromatic hydroxyl groups is 1. The van der Waals surface area contributed by atoms with Gasteiger partial charge in [0.1, 0.15) is 11.4 Å². The quantitative estimate of drug-likeness (QED) is 0.654. The van der Waals surface area contributed by atoms with Gasteiger partial charge < -0.3 is 15.2 Å². The molecule has 11 heteroatoms. The molecule has 0 radical (unpaired) electrons. The molecule has 0 spiro atoms. The first kappa shape index (κ1) is 24.2. The van der Waals surface area contributed by atoms with Crippen LogP contribution in [0.2, 0.25) is 0 Å². The summed E-state index contributed by atoms with van der Waals surface area (Å²) in [6.07, 6.45) is 2.50. The number of carbonyl (C=O) groups excluding carboxylic acids is 1. The predicted octanol–water partition coefficient (Wildman–Crippen LogP) is 1.85. The molecule has 2 aliphatic rings. The number of rotatable bonds is 5. The highest BCUT2D eigenvalue weighted by Gasteiger charge is 2.35. The number of hydrogen-bond acceptors (Lipinski definition) is 7. The second kappa shape index (κ2) is 9.38. The molecular weight excluding hydrogens is 460 g/mol. The second-order valence-corrected chi connectivity index (χ2v) is 10.8. The highest BCUT2D eigenvalue weighted by Crippen LogP contribution is 2.31. The molecule has 1 aromatic heterocycles. The molecule has 0 bridgehead atoms. The van der Waals surface area contributed by atoms with Crippen LogP contribution in [-0.2, 0) is 33.5 Å². The van der Waals surface area contributed by atoms with Crippen molar-refractivity contribution in [3.63, 3.8) is 0 Å². The zero-order valence-corrected chi connectivity index (χ0v) is 20.2. The number of carbonyl (C=O) groups is 1. The van der Waals surface area contributed by atoms with Gasteiger partial charge in [-0.1, -0.05) is 25.1 Å². The number of nitrogens with zero attached hydrogens (tertiary/aromatic N) is 3. The summed E-state index contributed by atoms with van der Waals surface area (Å²) in [5.41, 5.74) is -0.805. The van der Waals surface area contributed by atoms with Gasteiger partial charge in [-0.2, -0.15) is 0 Å². The zero-order chi connectivity index (χ0) is 24.5. The van der Waals surface area contributed by atoms with Crippen LogP contribution < -0.4 is 15.2 Å². The van der Waals surface area contributed by atoms with Crippen molar-refractivity contribution in [3.8, 4) is 5.75 Å². The van der Waals surface area contributed by atoms with Crippen LogP contribution in [0.1, 0.15) is 61.4 Å². The van der Waals surface area contributed by atoms with Gasteiger partial charge >= 0.3 is 0 Å². The van der Waals surface area contributed by atoms with E-state index < -0.39 is 32.8 Å². The molecule has 10 nitrogen and oxygen atoms in total. The molecule has 1 aromatic carbocycles. The fourth-order valence-corrected chi connectivity index (χ4v) is 6.06. The Labute approximate surface area is 198 Å². The van der Waals surface area contributed by atoms with Gasteiger partial charge in [0.05, 0.1) is 11.4 Å². The van der Waals surface area contributed by atoms with Gasteiger partial charge in [0.15, 0.2) is 5.69 Å². The molecule has 184 valence electrons. The van der Waals surface area contributed by atoms with Crippen LogP contribution in [-0.4, -0.2) is 47.9 Å². The normalized spacial score (nSPS) is 22.0. The molecule has 0 aliphatic carbocycles. The average Bonchev–Trinajstić information content (AvgIpc) is 2.99. The molecule has 2 aliphatic heterocycles. The molecule has 2 aromatic rings. The SMILES string of the molecule is CCC1(C)OCCCn2c1nc(C(=O)NCc1ccccc1N1CCCCS1(=O)=O)c(O)c2=O. The first-order valence-electron chi connectivity index (χ1n) is 11.5. The van der Waals surface area contributed by atoms with E-state index in [0.717, 1.165) is 6.42 Å². The van der Waals surface area contributed by atoms with Gasteiger partial charge in [-0.3, -0.25) is 18.5 Å². The Balaban J connectivity index is 1.63.